The Morgan fingerprint density at radius 2 is 2.09 bits per heavy atom. The van der Waals surface area contributed by atoms with Crippen molar-refractivity contribution in [3.63, 3.8) is 0 Å². The molecule has 0 aliphatic carbocycles. The maximum atomic E-state index is 12.8. The van der Waals surface area contributed by atoms with Crippen molar-refractivity contribution in [1.82, 2.24) is 0 Å². The van der Waals surface area contributed by atoms with E-state index in [1.807, 2.05) is 22.6 Å². The predicted octanol–water partition coefficient (Wildman–Crippen LogP) is 3.59. The van der Waals surface area contributed by atoms with Gasteiger partial charge in [0.25, 0.3) is 0 Å². The number of hydrogen-bond donors (Lipinski definition) is 0. The number of hydrogen-bond acceptors (Lipinski definition) is 4. The Morgan fingerprint density at radius 3 is 2.73 bits per heavy atom. The van der Waals surface area contributed by atoms with E-state index < -0.39 is 4.92 Å². The van der Waals surface area contributed by atoms with Crippen LogP contribution in [0.1, 0.15) is 0 Å². The summed E-state index contributed by atoms with van der Waals surface area (Å²) < 4.78 is 6.88. The molecular weight excluding hydrogens is 487 g/mol. The summed E-state index contributed by atoms with van der Waals surface area (Å²) in [6.45, 7) is 0. The van der Waals surface area contributed by atoms with E-state index in [4.69, 9.17) is 16.3 Å². The summed E-state index contributed by atoms with van der Waals surface area (Å²) in [4.78, 5) is 23.6. The number of nitrogens with zero attached hydrogens (tertiary/aromatic N) is 1. The first-order valence-electron chi connectivity index (χ1n) is 6.01. The minimum atomic E-state index is -0.457. The van der Waals surface area contributed by atoms with E-state index in [0.717, 1.165) is 4.26 Å². The minimum absolute atomic E-state index is 0.0429. The monoisotopic (exact) mass is 495 g/mol. The number of benzene rings is 2. The van der Waals surface area contributed by atoms with Crippen molar-refractivity contribution in [1.29, 1.82) is 0 Å². The topological polar surface area (TPSA) is 69.4 Å². The van der Waals surface area contributed by atoms with Gasteiger partial charge in [0.05, 0.1) is 0 Å². The van der Waals surface area contributed by atoms with Crippen molar-refractivity contribution in [2.45, 2.75) is 0 Å². The van der Waals surface area contributed by atoms with E-state index >= 15 is 0 Å². The predicted molar refractivity (Wildman–Crippen MR) is 95.6 cm³/mol. The first-order chi connectivity index (χ1) is 10.4. The average Bonchev–Trinajstić information content (AvgIpc) is 2.50. The molecular formula is C14H7ClINO4Se. The van der Waals surface area contributed by atoms with Crippen LogP contribution in [-0.2, 0) is 0 Å². The van der Waals surface area contributed by atoms with Gasteiger partial charge in [0.1, 0.15) is 0 Å². The van der Waals surface area contributed by atoms with E-state index in [0.29, 0.717) is 19.0 Å². The molecule has 0 spiro atoms. The molecule has 3 rings (SSSR count). The number of nitro groups is 1. The number of fused-ring (bicyclic) bond motifs is 2. The van der Waals surface area contributed by atoms with Crippen LogP contribution in [-0.4, -0.2) is 26.5 Å². The summed E-state index contributed by atoms with van der Waals surface area (Å²) in [5.41, 5.74) is -0.331. The standard InChI is InChI=1S/C14H7ClINO4Se/c1-21-6-2-3-10-7(4-6)13(18)11-12(15)8(16)5-9(17(19)20)14(11)22-10/h2-5H,1H3. The Morgan fingerprint density at radius 1 is 1.36 bits per heavy atom. The normalized spacial score (nSPS) is 11.0. The zero-order valence-electron chi connectivity index (χ0n) is 11.1. The van der Waals surface area contributed by atoms with Gasteiger partial charge in [-0.1, -0.05) is 0 Å². The van der Waals surface area contributed by atoms with Gasteiger partial charge in [-0.15, -0.1) is 0 Å². The number of methoxy groups -OCH3 is 1. The van der Waals surface area contributed by atoms with Gasteiger partial charge in [-0.25, -0.2) is 0 Å². The summed E-state index contributed by atoms with van der Waals surface area (Å²) in [5, 5.41) is 12.3. The van der Waals surface area contributed by atoms with E-state index in [1.54, 1.807) is 18.2 Å². The molecule has 22 heavy (non-hydrogen) atoms. The molecule has 0 N–H and O–H groups in total. The molecule has 0 atom stereocenters. The van der Waals surface area contributed by atoms with Crippen LogP contribution in [0.5, 0.6) is 5.75 Å². The fraction of sp³-hybridized carbons (Fsp3) is 0.0714. The fourth-order valence-corrected chi connectivity index (χ4v) is 5.53. The first kappa shape index (κ1) is 15.7. The molecule has 0 unspecified atom stereocenters. The molecule has 0 radical (unpaired) electrons. The summed E-state index contributed by atoms with van der Waals surface area (Å²) >= 11 is 7.80. The van der Waals surface area contributed by atoms with Crippen LogP contribution < -0.4 is 10.2 Å². The molecule has 0 bridgehead atoms. The second-order valence-electron chi connectivity index (χ2n) is 4.45. The molecule has 1 heterocycles. The van der Waals surface area contributed by atoms with Crippen molar-refractivity contribution >= 4 is 73.7 Å². The van der Waals surface area contributed by atoms with Crippen LogP contribution in [0.25, 0.3) is 19.3 Å². The quantitative estimate of drug-likeness (QED) is 0.180. The molecule has 0 saturated carbocycles. The van der Waals surface area contributed by atoms with Crippen LogP contribution in [0.3, 0.4) is 0 Å². The van der Waals surface area contributed by atoms with Gasteiger partial charge in [-0.2, -0.15) is 0 Å². The number of halogens is 2. The molecule has 3 aromatic rings. The fourth-order valence-electron chi connectivity index (χ4n) is 2.18. The van der Waals surface area contributed by atoms with Crippen LogP contribution >= 0.6 is 34.2 Å². The molecule has 0 amide bonds. The number of non-ortho nitro benzene ring substituents is 1. The first-order valence-corrected chi connectivity index (χ1v) is 9.18. The zero-order chi connectivity index (χ0) is 16.0. The van der Waals surface area contributed by atoms with E-state index in [1.165, 1.54) is 13.2 Å². The molecule has 8 heteroatoms. The molecule has 112 valence electrons. The van der Waals surface area contributed by atoms with Gasteiger partial charge in [0.15, 0.2) is 0 Å². The van der Waals surface area contributed by atoms with Gasteiger partial charge in [0.2, 0.25) is 0 Å². The molecule has 0 fully saturated rings. The third-order valence-electron chi connectivity index (χ3n) is 3.22. The van der Waals surface area contributed by atoms with Gasteiger partial charge in [-0.05, 0) is 0 Å². The number of rotatable bonds is 2. The van der Waals surface area contributed by atoms with Crippen molar-refractivity contribution in [3.8, 4) is 5.75 Å². The van der Waals surface area contributed by atoms with Gasteiger partial charge < -0.3 is 0 Å². The van der Waals surface area contributed by atoms with Crippen molar-refractivity contribution < 1.29 is 9.66 Å². The Hall–Kier alpha value is -1.15. The average molecular weight is 495 g/mol. The molecule has 5 nitrogen and oxygen atoms in total. The van der Waals surface area contributed by atoms with E-state index in [9.17, 15) is 14.9 Å². The van der Waals surface area contributed by atoms with E-state index in [2.05, 4.69) is 0 Å². The summed E-state index contributed by atoms with van der Waals surface area (Å²) in [6.07, 6.45) is 0. The molecule has 1 aromatic heterocycles. The number of ether oxygens (including phenoxy) is 1. The summed E-state index contributed by atoms with van der Waals surface area (Å²) in [5.74, 6) is 0.572. The van der Waals surface area contributed by atoms with Crippen molar-refractivity contribution in [2.24, 2.45) is 0 Å². The molecule has 0 aliphatic heterocycles. The number of nitro benzene ring substituents is 1. The molecule has 2 aromatic carbocycles. The Bertz CT molecular complexity index is 1000. The second-order valence-corrected chi connectivity index (χ2v) is 8.19. The summed E-state index contributed by atoms with van der Waals surface area (Å²) in [7, 11) is 1.52. The van der Waals surface area contributed by atoms with Crippen molar-refractivity contribution in [3.05, 3.63) is 53.2 Å². The maximum absolute atomic E-state index is 12.8. The van der Waals surface area contributed by atoms with Crippen LogP contribution in [0.2, 0.25) is 5.02 Å². The Labute approximate surface area is 148 Å². The second kappa shape index (κ2) is 5.81. The SMILES string of the molecule is COc1ccc2[se]c3c([N+](=O)[O-])cc(I)c(Cl)c3c(=O)c2c1. The molecule has 0 saturated heterocycles. The van der Waals surface area contributed by atoms with Crippen molar-refractivity contribution in [2.75, 3.05) is 7.11 Å². The zero-order valence-corrected chi connectivity index (χ0v) is 15.7. The van der Waals surface area contributed by atoms with Crippen LogP contribution in [0.4, 0.5) is 5.69 Å². The summed E-state index contributed by atoms with van der Waals surface area (Å²) in [6, 6.07) is 6.61. The third-order valence-corrected chi connectivity index (χ3v) is 7.29. The Kier molecular flexibility index (Phi) is 4.15. The van der Waals surface area contributed by atoms with Gasteiger partial charge in [0, 0.05) is 0 Å². The van der Waals surface area contributed by atoms with E-state index in [-0.39, 0.29) is 36.0 Å². The van der Waals surface area contributed by atoms with Crippen LogP contribution in [0.15, 0.2) is 29.1 Å². The Balaban J connectivity index is 2.59. The molecule has 0 aliphatic rings. The van der Waals surface area contributed by atoms with Gasteiger partial charge in [-0.3, -0.25) is 0 Å². The third kappa shape index (κ3) is 2.42. The van der Waals surface area contributed by atoms with Crippen LogP contribution in [0, 0.1) is 13.7 Å². The van der Waals surface area contributed by atoms with Gasteiger partial charge >= 0.3 is 149 Å².